The highest BCUT2D eigenvalue weighted by Gasteiger charge is 2.08. The number of aromatic nitrogens is 3. The van der Waals surface area contributed by atoms with Crippen molar-refractivity contribution in [1.29, 1.82) is 0 Å². The average molecular weight is 275 g/mol. The molecular formula is C8H5BrClN3O. The zero-order valence-electron chi connectivity index (χ0n) is 7.16. The van der Waals surface area contributed by atoms with Gasteiger partial charge in [0.15, 0.2) is 5.52 Å². The fourth-order valence-electron chi connectivity index (χ4n) is 1.11. The standard InChI is InChI=1S/C8H5BrClN3O/c1-13-3-11-6-4(9)2-5(10)12-7(6)8(13)14/h2-3H,1H3. The van der Waals surface area contributed by atoms with Crippen LogP contribution in [0, 0.1) is 0 Å². The predicted octanol–water partition coefficient (Wildman–Crippen LogP) is 1.74. The third-order valence-corrected chi connectivity index (χ3v) is 2.60. The number of halogens is 2. The first-order valence-corrected chi connectivity index (χ1v) is 4.94. The molecule has 4 nitrogen and oxygen atoms in total. The lowest BCUT2D eigenvalue weighted by Gasteiger charge is -2.01. The normalized spacial score (nSPS) is 10.8. The Morgan fingerprint density at radius 1 is 1.50 bits per heavy atom. The summed E-state index contributed by atoms with van der Waals surface area (Å²) in [5, 5.41) is 0.273. The minimum Gasteiger partial charge on any atom is -0.301 e. The van der Waals surface area contributed by atoms with E-state index in [9.17, 15) is 4.79 Å². The van der Waals surface area contributed by atoms with Crippen molar-refractivity contribution >= 4 is 38.6 Å². The molecule has 0 aromatic carbocycles. The van der Waals surface area contributed by atoms with Crippen molar-refractivity contribution in [1.82, 2.24) is 14.5 Å². The first-order chi connectivity index (χ1) is 6.59. The number of fused-ring (bicyclic) bond motifs is 1. The SMILES string of the molecule is Cn1cnc2c(Br)cc(Cl)nc2c1=O. The smallest absolute Gasteiger partial charge is 0.279 e. The molecule has 14 heavy (non-hydrogen) atoms. The van der Waals surface area contributed by atoms with E-state index >= 15 is 0 Å². The molecule has 0 aliphatic carbocycles. The maximum Gasteiger partial charge on any atom is 0.279 e. The van der Waals surface area contributed by atoms with Gasteiger partial charge in [-0.25, -0.2) is 9.97 Å². The van der Waals surface area contributed by atoms with Gasteiger partial charge in [0.2, 0.25) is 0 Å². The Labute approximate surface area is 92.7 Å². The fraction of sp³-hybridized carbons (Fsp3) is 0.125. The summed E-state index contributed by atoms with van der Waals surface area (Å²) >= 11 is 9.00. The summed E-state index contributed by atoms with van der Waals surface area (Å²) in [6, 6.07) is 1.61. The van der Waals surface area contributed by atoms with E-state index in [0.717, 1.165) is 0 Å². The maximum absolute atomic E-state index is 11.6. The summed E-state index contributed by atoms with van der Waals surface area (Å²) in [6.07, 6.45) is 1.45. The molecule has 0 radical (unpaired) electrons. The molecule has 2 rings (SSSR count). The van der Waals surface area contributed by atoms with E-state index in [1.807, 2.05) is 0 Å². The summed E-state index contributed by atoms with van der Waals surface area (Å²) in [6.45, 7) is 0. The van der Waals surface area contributed by atoms with Gasteiger partial charge in [-0.3, -0.25) is 4.79 Å². The van der Waals surface area contributed by atoms with Gasteiger partial charge < -0.3 is 4.57 Å². The van der Waals surface area contributed by atoms with Gasteiger partial charge in [0.25, 0.3) is 5.56 Å². The molecule has 0 aliphatic rings. The van der Waals surface area contributed by atoms with Crippen molar-refractivity contribution in [3.63, 3.8) is 0 Å². The number of aryl methyl sites for hydroxylation is 1. The second-order valence-electron chi connectivity index (χ2n) is 2.78. The molecular weight excluding hydrogens is 269 g/mol. The van der Waals surface area contributed by atoms with Crippen molar-refractivity contribution in [2.75, 3.05) is 0 Å². The van der Waals surface area contributed by atoms with E-state index in [4.69, 9.17) is 11.6 Å². The maximum atomic E-state index is 11.6. The fourth-order valence-corrected chi connectivity index (χ4v) is 1.95. The Kier molecular flexibility index (Phi) is 2.28. The van der Waals surface area contributed by atoms with Crippen LogP contribution in [0.25, 0.3) is 11.0 Å². The summed E-state index contributed by atoms with van der Waals surface area (Å²) in [5.41, 5.74) is 0.588. The van der Waals surface area contributed by atoms with Crippen molar-refractivity contribution < 1.29 is 0 Å². The highest BCUT2D eigenvalue weighted by atomic mass is 79.9. The van der Waals surface area contributed by atoms with Gasteiger partial charge in [-0.2, -0.15) is 0 Å². The number of rotatable bonds is 0. The van der Waals surface area contributed by atoms with Gasteiger partial charge in [0, 0.05) is 11.5 Å². The summed E-state index contributed by atoms with van der Waals surface area (Å²) in [5.74, 6) is 0. The second-order valence-corrected chi connectivity index (χ2v) is 4.03. The largest absolute Gasteiger partial charge is 0.301 e. The molecule has 2 aromatic rings. The van der Waals surface area contributed by atoms with Gasteiger partial charge in [-0.05, 0) is 22.0 Å². The van der Waals surface area contributed by atoms with Crippen LogP contribution < -0.4 is 5.56 Å². The molecule has 0 N–H and O–H groups in total. The quantitative estimate of drug-likeness (QED) is 0.688. The Hall–Kier alpha value is -0.940. The van der Waals surface area contributed by atoms with Gasteiger partial charge in [0.1, 0.15) is 10.7 Å². The number of hydrogen-bond acceptors (Lipinski definition) is 3. The molecule has 0 unspecified atom stereocenters. The summed E-state index contributed by atoms with van der Waals surface area (Å²) in [4.78, 5) is 19.6. The lowest BCUT2D eigenvalue weighted by atomic mass is 10.4. The molecule has 0 spiro atoms. The lowest BCUT2D eigenvalue weighted by Crippen LogP contribution is -2.18. The average Bonchev–Trinajstić information content (AvgIpc) is 2.12. The van der Waals surface area contributed by atoms with Crippen molar-refractivity contribution in [3.05, 3.63) is 32.4 Å². The highest BCUT2D eigenvalue weighted by molar-refractivity contribution is 9.10. The molecule has 0 amide bonds. The molecule has 6 heteroatoms. The van der Waals surface area contributed by atoms with Crippen LogP contribution in [0.5, 0.6) is 0 Å². The molecule has 72 valence electrons. The number of hydrogen-bond donors (Lipinski definition) is 0. The van der Waals surface area contributed by atoms with Crippen LogP contribution in [0.4, 0.5) is 0 Å². The molecule has 0 atom stereocenters. The minimum absolute atomic E-state index is 0.210. The van der Waals surface area contributed by atoms with Crippen LogP contribution >= 0.6 is 27.5 Å². The number of pyridine rings is 1. The van der Waals surface area contributed by atoms with E-state index in [1.165, 1.54) is 10.9 Å². The van der Waals surface area contributed by atoms with E-state index in [1.54, 1.807) is 13.1 Å². The third-order valence-electron chi connectivity index (χ3n) is 1.80. The predicted molar refractivity (Wildman–Crippen MR) is 57.5 cm³/mol. The van der Waals surface area contributed by atoms with Crippen molar-refractivity contribution in [2.45, 2.75) is 0 Å². The minimum atomic E-state index is -0.210. The van der Waals surface area contributed by atoms with Gasteiger partial charge in [0.05, 0.1) is 6.33 Å². The van der Waals surface area contributed by atoms with Crippen LogP contribution in [0.3, 0.4) is 0 Å². The highest BCUT2D eigenvalue weighted by Crippen LogP contribution is 2.21. The Morgan fingerprint density at radius 2 is 2.21 bits per heavy atom. The topological polar surface area (TPSA) is 47.8 Å². The van der Waals surface area contributed by atoms with Crippen LogP contribution in [-0.2, 0) is 7.05 Å². The molecule has 0 aliphatic heterocycles. The van der Waals surface area contributed by atoms with E-state index in [-0.39, 0.29) is 16.2 Å². The van der Waals surface area contributed by atoms with E-state index in [0.29, 0.717) is 9.99 Å². The van der Waals surface area contributed by atoms with E-state index < -0.39 is 0 Å². The molecule has 0 saturated heterocycles. The van der Waals surface area contributed by atoms with Gasteiger partial charge in [-0.1, -0.05) is 11.6 Å². The molecule has 0 fully saturated rings. The lowest BCUT2D eigenvalue weighted by molar-refractivity contribution is 0.838. The molecule has 0 saturated carbocycles. The Balaban J connectivity index is 3.03. The van der Waals surface area contributed by atoms with Gasteiger partial charge in [-0.15, -0.1) is 0 Å². The van der Waals surface area contributed by atoms with Crippen molar-refractivity contribution in [2.24, 2.45) is 7.05 Å². The van der Waals surface area contributed by atoms with E-state index in [2.05, 4.69) is 25.9 Å². The summed E-state index contributed by atoms with van der Waals surface area (Å²) in [7, 11) is 1.62. The summed E-state index contributed by atoms with van der Waals surface area (Å²) < 4.78 is 2.03. The van der Waals surface area contributed by atoms with Crippen LogP contribution in [0.15, 0.2) is 21.7 Å². The molecule has 2 aromatic heterocycles. The third kappa shape index (κ3) is 1.42. The van der Waals surface area contributed by atoms with Crippen LogP contribution in [-0.4, -0.2) is 14.5 Å². The monoisotopic (exact) mass is 273 g/mol. The number of nitrogens with zero attached hydrogens (tertiary/aromatic N) is 3. The first-order valence-electron chi connectivity index (χ1n) is 3.77. The van der Waals surface area contributed by atoms with Gasteiger partial charge >= 0.3 is 0 Å². The second kappa shape index (κ2) is 3.33. The molecule has 0 bridgehead atoms. The zero-order chi connectivity index (χ0) is 10.3. The Bertz CT molecular complexity index is 566. The first kappa shape index (κ1) is 9.61. The van der Waals surface area contributed by atoms with Crippen molar-refractivity contribution in [3.8, 4) is 0 Å². The molecule has 2 heterocycles. The zero-order valence-corrected chi connectivity index (χ0v) is 9.50. The van der Waals surface area contributed by atoms with Crippen LogP contribution in [0.1, 0.15) is 0 Å². The van der Waals surface area contributed by atoms with Crippen LogP contribution in [0.2, 0.25) is 5.15 Å². The Morgan fingerprint density at radius 3 is 2.93 bits per heavy atom.